The van der Waals surface area contributed by atoms with Gasteiger partial charge in [-0.05, 0) is 12.1 Å². The summed E-state index contributed by atoms with van der Waals surface area (Å²) in [5.74, 6) is 1.30. The van der Waals surface area contributed by atoms with E-state index in [1.165, 1.54) is 0 Å². The first-order valence-electron chi connectivity index (χ1n) is 8.22. The molecular weight excluding hydrogens is 475 g/mol. The Morgan fingerprint density at radius 3 is 2.44 bits per heavy atom. The van der Waals surface area contributed by atoms with Gasteiger partial charge in [-0.2, -0.15) is 0 Å². The average Bonchev–Trinajstić information content (AvgIpc) is 3.32. The minimum atomic E-state index is 0. The molecule has 0 saturated carbocycles. The van der Waals surface area contributed by atoms with Crippen molar-refractivity contribution in [2.45, 2.75) is 13.1 Å². The third-order valence-electron chi connectivity index (χ3n) is 3.59. The molecule has 1 aromatic carbocycles. The number of oxazole rings is 1. The zero-order valence-corrected chi connectivity index (χ0v) is 18.6. The first kappa shape index (κ1) is 21.2. The van der Waals surface area contributed by atoms with Crippen molar-refractivity contribution in [3.05, 3.63) is 53.4 Å². The zero-order valence-electron chi connectivity index (χ0n) is 15.5. The Hall–Kier alpha value is -2.14. The molecule has 0 fully saturated rings. The summed E-state index contributed by atoms with van der Waals surface area (Å²) in [7, 11) is 5.70. The zero-order chi connectivity index (χ0) is 18.4. The number of anilines is 1. The van der Waals surface area contributed by atoms with Crippen molar-refractivity contribution in [3.63, 3.8) is 0 Å². The van der Waals surface area contributed by atoms with Crippen LogP contribution in [0.1, 0.15) is 11.4 Å². The summed E-state index contributed by atoms with van der Waals surface area (Å²) in [6.45, 7) is 1.13. The lowest BCUT2D eigenvalue weighted by Crippen LogP contribution is -2.36. The van der Waals surface area contributed by atoms with Gasteiger partial charge in [0.2, 0.25) is 5.89 Å². The Balaban J connectivity index is 0.00000261. The molecule has 9 heteroatoms. The first-order chi connectivity index (χ1) is 12.7. The number of guanidine groups is 1. The summed E-state index contributed by atoms with van der Waals surface area (Å²) >= 11 is 1.62. The van der Waals surface area contributed by atoms with Crippen LogP contribution in [-0.4, -0.2) is 37.1 Å². The Morgan fingerprint density at radius 2 is 1.81 bits per heavy atom. The largest absolute Gasteiger partial charge is 0.444 e. The SMILES string of the molecule is CN=C(NCc1coc(-c2ccccc2)n1)NCc1csc(N(C)C)n1.I. The van der Waals surface area contributed by atoms with Gasteiger partial charge in [0.15, 0.2) is 11.1 Å². The van der Waals surface area contributed by atoms with E-state index in [1.54, 1.807) is 24.6 Å². The molecule has 2 aromatic heterocycles. The Kier molecular flexibility index (Phi) is 8.04. The summed E-state index contributed by atoms with van der Waals surface area (Å²) < 4.78 is 5.55. The predicted molar refractivity (Wildman–Crippen MR) is 121 cm³/mol. The molecule has 0 atom stereocenters. The van der Waals surface area contributed by atoms with Crippen LogP contribution in [-0.2, 0) is 13.1 Å². The lowest BCUT2D eigenvalue weighted by molar-refractivity contribution is 0.572. The highest BCUT2D eigenvalue weighted by Gasteiger charge is 2.08. The average molecular weight is 498 g/mol. The van der Waals surface area contributed by atoms with Crippen LogP contribution in [0.15, 0.2) is 51.4 Å². The highest BCUT2D eigenvalue weighted by Crippen LogP contribution is 2.18. The molecule has 3 rings (SSSR count). The summed E-state index contributed by atoms with van der Waals surface area (Å²) in [5, 5.41) is 9.51. The molecule has 0 radical (unpaired) electrons. The van der Waals surface area contributed by atoms with Crippen LogP contribution in [0.3, 0.4) is 0 Å². The highest BCUT2D eigenvalue weighted by molar-refractivity contribution is 14.0. The molecule has 0 spiro atoms. The van der Waals surface area contributed by atoms with Gasteiger partial charge in [-0.15, -0.1) is 35.3 Å². The molecule has 0 unspecified atom stereocenters. The number of nitrogens with zero attached hydrogens (tertiary/aromatic N) is 4. The number of aromatic nitrogens is 2. The fraction of sp³-hybridized carbons (Fsp3) is 0.278. The Morgan fingerprint density at radius 1 is 1.11 bits per heavy atom. The molecule has 0 saturated heterocycles. The molecule has 144 valence electrons. The Labute approximate surface area is 180 Å². The number of benzene rings is 1. The second-order valence-electron chi connectivity index (χ2n) is 5.81. The number of hydrogen-bond acceptors (Lipinski definition) is 6. The van der Waals surface area contributed by atoms with Crippen molar-refractivity contribution in [2.75, 3.05) is 26.0 Å². The van der Waals surface area contributed by atoms with Crippen LogP contribution in [0.5, 0.6) is 0 Å². The fourth-order valence-corrected chi connectivity index (χ4v) is 3.01. The van der Waals surface area contributed by atoms with E-state index in [-0.39, 0.29) is 24.0 Å². The molecule has 0 amide bonds. The molecule has 0 aliphatic carbocycles. The lowest BCUT2D eigenvalue weighted by atomic mass is 10.2. The molecule has 7 nitrogen and oxygen atoms in total. The number of halogens is 1. The number of thiazole rings is 1. The van der Waals surface area contributed by atoms with Crippen LogP contribution >= 0.6 is 35.3 Å². The monoisotopic (exact) mass is 498 g/mol. The molecular formula is C18H23IN6OS. The van der Waals surface area contributed by atoms with Crippen molar-refractivity contribution < 1.29 is 4.42 Å². The van der Waals surface area contributed by atoms with Gasteiger partial charge >= 0.3 is 0 Å². The van der Waals surface area contributed by atoms with E-state index >= 15 is 0 Å². The summed E-state index contributed by atoms with van der Waals surface area (Å²) in [4.78, 5) is 15.3. The first-order valence-corrected chi connectivity index (χ1v) is 9.09. The normalized spacial score (nSPS) is 11.0. The summed E-state index contributed by atoms with van der Waals surface area (Å²) in [5.41, 5.74) is 2.76. The van der Waals surface area contributed by atoms with Crippen LogP contribution in [0.25, 0.3) is 11.5 Å². The van der Waals surface area contributed by atoms with Gasteiger partial charge in [-0.3, -0.25) is 4.99 Å². The number of nitrogens with one attached hydrogen (secondary N) is 2. The second kappa shape index (κ2) is 10.3. The van der Waals surface area contributed by atoms with E-state index in [1.807, 2.05) is 54.7 Å². The minimum Gasteiger partial charge on any atom is -0.444 e. The van der Waals surface area contributed by atoms with Gasteiger partial charge in [-0.1, -0.05) is 18.2 Å². The maximum Gasteiger partial charge on any atom is 0.226 e. The number of aliphatic imine (C=N–C) groups is 1. The number of hydrogen-bond donors (Lipinski definition) is 2. The van der Waals surface area contributed by atoms with Crippen LogP contribution in [0.4, 0.5) is 5.13 Å². The third kappa shape index (κ3) is 5.93. The molecule has 2 heterocycles. The van der Waals surface area contributed by atoms with E-state index in [0.717, 1.165) is 22.1 Å². The summed E-state index contributed by atoms with van der Waals surface area (Å²) in [6.07, 6.45) is 1.66. The van der Waals surface area contributed by atoms with Crippen LogP contribution < -0.4 is 15.5 Å². The van der Waals surface area contributed by atoms with Crippen molar-refractivity contribution in [3.8, 4) is 11.5 Å². The molecule has 3 aromatic rings. The van der Waals surface area contributed by atoms with E-state index in [0.29, 0.717) is 24.9 Å². The standard InChI is InChI=1S/C18H22N6OS.HI/c1-19-17(21-10-15-12-26-18(23-15)24(2)3)20-9-14-11-25-16(22-14)13-7-5-4-6-8-13;/h4-8,11-12H,9-10H2,1-3H3,(H2,19,20,21);1H. The second-order valence-corrected chi connectivity index (χ2v) is 6.64. The van der Waals surface area contributed by atoms with E-state index in [4.69, 9.17) is 4.42 Å². The van der Waals surface area contributed by atoms with Gasteiger partial charge in [0.05, 0.1) is 24.5 Å². The van der Waals surface area contributed by atoms with Crippen molar-refractivity contribution in [1.82, 2.24) is 20.6 Å². The maximum absolute atomic E-state index is 5.55. The lowest BCUT2D eigenvalue weighted by Gasteiger charge is -2.10. The molecule has 0 aliphatic heterocycles. The molecule has 0 aliphatic rings. The van der Waals surface area contributed by atoms with Crippen LogP contribution in [0, 0.1) is 0 Å². The topological polar surface area (TPSA) is 78.6 Å². The quantitative estimate of drug-likeness (QED) is 0.309. The fourth-order valence-electron chi connectivity index (χ4n) is 2.25. The van der Waals surface area contributed by atoms with Gasteiger partial charge in [0.1, 0.15) is 6.26 Å². The molecule has 27 heavy (non-hydrogen) atoms. The van der Waals surface area contributed by atoms with Gasteiger partial charge in [0.25, 0.3) is 0 Å². The highest BCUT2D eigenvalue weighted by atomic mass is 127. The van der Waals surface area contributed by atoms with Crippen molar-refractivity contribution in [1.29, 1.82) is 0 Å². The molecule has 0 bridgehead atoms. The number of rotatable bonds is 6. The van der Waals surface area contributed by atoms with Crippen LogP contribution in [0.2, 0.25) is 0 Å². The van der Waals surface area contributed by atoms with E-state index < -0.39 is 0 Å². The van der Waals surface area contributed by atoms with Gasteiger partial charge in [0, 0.05) is 32.1 Å². The Bertz CT molecular complexity index is 862. The van der Waals surface area contributed by atoms with Gasteiger partial charge < -0.3 is 20.0 Å². The van der Waals surface area contributed by atoms with E-state index in [9.17, 15) is 0 Å². The summed E-state index contributed by atoms with van der Waals surface area (Å²) in [6, 6.07) is 9.83. The third-order valence-corrected chi connectivity index (χ3v) is 4.65. The minimum absolute atomic E-state index is 0. The van der Waals surface area contributed by atoms with Crippen molar-refractivity contribution in [2.24, 2.45) is 4.99 Å². The van der Waals surface area contributed by atoms with Crippen molar-refractivity contribution >= 4 is 46.4 Å². The predicted octanol–water partition coefficient (Wildman–Crippen LogP) is 3.35. The maximum atomic E-state index is 5.55. The molecule has 2 N–H and O–H groups in total. The van der Waals surface area contributed by atoms with Gasteiger partial charge in [-0.25, -0.2) is 9.97 Å². The van der Waals surface area contributed by atoms with E-state index in [2.05, 4.69) is 25.6 Å². The smallest absolute Gasteiger partial charge is 0.226 e.